The standard InChI is InChI=1S/C14H19NO2/c1-10(16)8-14-13-5-4-12(17-3)9-11(13)6-7-15(14)2/h4-5,9,14H,6-8H2,1-3H3. The lowest BCUT2D eigenvalue weighted by atomic mass is 9.90. The smallest absolute Gasteiger partial charge is 0.131 e. The van der Waals surface area contributed by atoms with E-state index in [1.807, 2.05) is 6.07 Å². The summed E-state index contributed by atoms with van der Waals surface area (Å²) in [6, 6.07) is 6.39. The van der Waals surface area contributed by atoms with Crippen molar-refractivity contribution in [3.63, 3.8) is 0 Å². The molecule has 1 unspecified atom stereocenters. The van der Waals surface area contributed by atoms with Crippen LogP contribution in [0.25, 0.3) is 0 Å². The molecule has 0 radical (unpaired) electrons. The lowest BCUT2D eigenvalue weighted by Crippen LogP contribution is -2.33. The summed E-state index contributed by atoms with van der Waals surface area (Å²) in [5.41, 5.74) is 2.59. The van der Waals surface area contributed by atoms with Gasteiger partial charge in [0.2, 0.25) is 0 Å². The topological polar surface area (TPSA) is 29.5 Å². The fraction of sp³-hybridized carbons (Fsp3) is 0.500. The van der Waals surface area contributed by atoms with E-state index in [4.69, 9.17) is 4.74 Å². The zero-order valence-electron chi connectivity index (χ0n) is 10.7. The molecule has 1 aromatic rings. The average molecular weight is 233 g/mol. The first-order chi connectivity index (χ1) is 8.11. The van der Waals surface area contributed by atoms with Crippen LogP contribution in [-0.4, -0.2) is 31.4 Å². The summed E-state index contributed by atoms with van der Waals surface area (Å²) in [6.07, 6.45) is 1.62. The van der Waals surface area contributed by atoms with Gasteiger partial charge >= 0.3 is 0 Å². The van der Waals surface area contributed by atoms with Crippen LogP contribution >= 0.6 is 0 Å². The molecule has 0 saturated carbocycles. The number of ether oxygens (including phenoxy) is 1. The minimum Gasteiger partial charge on any atom is -0.497 e. The monoisotopic (exact) mass is 233 g/mol. The number of carbonyl (C=O) groups is 1. The molecular weight excluding hydrogens is 214 g/mol. The highest BCUT2D eigenvalue weighted by atomic mass is 16.5. The quantitative estimate of drug-likeness (QED) is 0.801. The number of nitrogens with zero attached hydrogens (tertiary/aromatic N) is 1. The Balaban J connectivity index is 2.34. The molecule has 0 amide bonds. The highest BCUT2D eigenvalue weighted by Gasteiger charge is 2.25. The Morgan fingerprint density at radius 3 is 2.94 bits per heavy atom. The Morgan fingerprint density at radius 1 is 1.53 bits per heavy atom. The summed E-state index contributed by atoms with van der Waals surface area (Å²) >= 11 is 0. The molecule has 1 heterocycles. The predicted octanol–water partition coefficient (Wildman–Crippen LogP) is 2.20. The van der Waals surface area contributed by atoms with Crippen LogP contribution in [0, 0.1) is 0 Å². The van der Waals surface area contributed by atoms with Gasteiger partial charge < -0.3 is 4.74 Å². The van der Waals surface area contributed by atoms with Crippen LogP contribution in [0.3, 0.4) is 0 Å². The third kappa shape index (κ3) is 2.50. The van der Waals surface area contributed by atoms with E-state index in [-0.39, 0.29) is 11.8 Å². The number of likely N-dealkylation sites (N-methyl/N-ethyl adjacent to an activating group) is 1. The Kier molecular flexibility index (Phi) is 3.48. The van der Waals surface area contributed by atoms with Crippen molar-refractivity contribution in [1.82, 2.24) is 4.90 Å². The van der Waals surface area contributed by atoms with Crippen molar-refractivity contribution in [2.75, 3.05) is 20.7 Å². The lowest BCUT2D eigenvalue weighted by molar-refractivity contribution is -0.118. The Labute approximate surface area is 102 Å². The van der Waals surface area contributed by atoms with Crippen LogP contribution in [0.15, 0.2) is 18.2 Å². The first kappa shape index (κ1) is 12.1. The van der Waals surface area contributed by atoms with Crippen LogP contribution in [0.4, 0.5) is 0 Å². The Hall–Kier alpha value is -1.35. The zero-order valence-corrected chi connectivity index (χ0v) is 10.7. The molecule has 1 aliphatic heterocycles. The van der Waals surface area contributed by atoms with E-state index >= 15 is 0 Å². The second-order valence-electron chi connectivity index (χ2n) is 4.72. The number of carbonyl (C=O) groups excluding carboxylic acids is 1. The second-order valence-corrected chi connectivity index (χ2v) is 4.72. The summed E-state index contributed by atoms with van der Waals surface area (Å²) in [6.45, 7) is 2.66. The van der Waals surface area contributed by atoms with E-state index in [9.17, 15) is 4.79 Å². The molecule has 0 fully saturated rings. The predicted molar refractivity (Wildman–Crippen MR) is 67.4 cm³/mol. The number of methoxy groups -OCH3 is 1. The lowest BCUT2D eigenvalue weighted by Gasteiger charge is -2.34. The number of hydrogen-bond donors (Lipinski definition) is 0. The molecule has 0 aliphatic carbocycles. The van der Waals surface area contributed by atoms with Gasteiger partial charge in [0.25, 0.3) is 0 Å². The van der Waals surface area contributed by atoms with Gasteiger partial charge in [0.15, 0.2) is 0 Å². The normalized spacial score (nSPS) is 19.8. The van der Waals surface area contributed by atoms with E-state index in [0.29, 0.717) is 6.42 Å². The molecule has 3 nitrogen and oxygen atoms in total. The van der Waals surface area contributed by atoms with Gasteiger partial charge in [-0.2, -0.15) is 0 Å². The largest absolute Gasteiger partial charge is 0.497 e. The molecule has 0 aromatic heterocycles. The summed E-state index contributed by atoms with van der Waals surface area (Å²) in [5.74, 6) is 1.14. The average Bonchev–Trinajstić information content (AvgIpc) is 2.32. The van der Waals surface area contributed by atoms with Crippen LogP contribution < -0.4 is 4.74 Å². The summed E-state index contributed by atoms with van der Waals surface area (Å²) in [7, 11) is 3.77. The van der Waals surface area contributed by atoms with Crippen molar-refractivity contribution in [2.24, 2.45) is 0 Å². The minimum atomic E-state index is 0.224. The molecule has 2 rings (SSSR count). The van der Waals surface area contributed by atoms with Gasteiger partial charge in [0.1, 0.15) is 11.5 Å². The number of fused-ring (bicyclic) bond motifs is 1. The Morgan fingerprint density at radius 2 is 2.29 bits per heavy atom. The van der Waals surface area contributed by atoms with Gasteiger partial charge in [-0.1, -0.05) is 6.07 Å². The van der Waals surface area contributed by atoms with Crippen molar-refractivity contribution < 1.29 is 9.53 Å². The maximum atomic E-state index is 11.3. The SMILES string of the molecule is COc1ccc2c(c1)CCN(C)C2CC(C)=O. The van der Waals surface area contributed by atoms with Gasteiger partial charge in [-0.05, 0) is 43.7 Å². The molecular formula is C14H19NO2. The van der Waals surface area contributed by atoms with E-state index < -0.39 is 0 Å². The fourth-order valence-corrected chi connectivity index (χ4v) is 2.48. The van der Waals surface area contributed by atoms with Gasteiger partial charge in [-0.15, -0.1) is 0 Å². The molecule has 1 aromatic carbocycles. The van der Waals surface area contributed by atoms with E-state index in [2.05, 4.69) is 24.1 Å². The minimum absolute atomic E-state index is 0.224. The highest BCUT2D eigenvalue weighted by Crippen LogP contribution is 2.33. The maximum absolute atomic E-state index is 11.3. The van der Waals surface area contributed by atoms with E-state index in [1.54, 1.807) is 14.0 Å². The van der Waals surface area contributed by atoms with E-state index in [1.165, 1.54) is 11.1 Å². The van der Waals surface area contributed by atoms with Crippen molar-refractivity contribution in [2.45, 2.75) is 25.8 Å². The summed E-state index contributed by atoms with van der Waals surface area (Å²) < 4.78 is 5.24. The number of benzene rings is 1. The zero-order chi connectivity index (χ0) is 12.4. The van der Waals surface area contributed by atoms with Crippen molar-refractivity contribution in [1.29, 1.82) is 0 Å². The number of ketones is 1. The summed E-state index contributed by atoms with van der Waals surface area (Å²) in [4.78, 5) is 13.6. The third-order valence-electron chi connectivity index (χ3n) is 3.46. The number of Topliss-reactive ketones (excluding diaryl/α,β-unsaturated/α-hetero) is 1. The summed E-state index contributed by atoms with van der Waals surface area (Å²) in [5, 5.41) is 0. The van der Waals surface area contributed by atoms with E-state index in [0.717, 1.165) is 18.7 Å². The fourth-order valence-electron chi connectivity index (χ4n) is 2.48. The third-order valence-corrected chi connectivity index (χ3v) is 3.46. The van der Waals surface area contributed by atoms with Gasteiger partial charge in [0, 0.05) is 19.0 Å². The molecule has 1 atom stereocenters. The second kappa shape index (κ2) is 4.88. The van der Waals surface area contributed by atoms with Crippen LogP contribution in [0.5, 0.6) is 5.75 Å². The van der Waals surface area contributed by atoms with Gasteiger partial charge in [-0.25, -0.2) is 0 Å². The molecule has 0 saturated heterocycles. The highest BCUT2D eigenvalue weighted by molar-refractivity contribution is 5.76. The number of rotatable bonds is 3. The first-order valence-electron chi connectivity index (χ1n) is 5.98. The van der Waals surface area contributed by atoms with Crippen LogP contribution in [0.2, 0.25) is 0 Å². The van der Waals surface area contributed by atoms with Crippen LogP contribution in [0.1, 0.15) is 30.5 Å². The number of hydrogen-bond acceptors (Lipinski definition) is 3. The van der Waals surface area contributed by atoms with Gasteiger partial charge in [0.05, 0.1) is 7.11 Å². The Bertz CT molecular complexity index is 428. The molecule has 3 heteroatoms. The molecule has 92 valence electrons. The molecule has 17 heavy (non-hydrogen) atoms. The molecule has 0 bridgehead atoms. The molecule has 0 spiro atoms. The van der Waals surface area contributed by atoms with Crippen molar-refractivity contribution >= 4 is 5.78 Å². The van der Waals surface area contributed by atoms with Crippen molar-refractivity contribution in [3.05, 3.63) is 29.3 Å². The molecule has 0 N–H and O–H groups in total. The van der Waals surface area contributed by atoms with Crippen molar-refractivity contribution in [3.8, 4) is 5.75 Å². The maximum Gasteiger partial charge on any atom is 0.131 e. The van der Waals surface area contributed by atoms with Gasteiger partial charge in [-0.3, -0.25) is 9.69 Å². The first-order valence-corrected chi connectivity index (χ1v) is 5.98. The van der Waals surface area contributed by atoms with Crippen LogP contribution in [-0.2, 0) is 11.2 Å². The molecule has 1 aliphatic rings.